The second kappa shape index (κ2) is 9.59. The first-order valence-electron chi connectivity index (χ1n) is 10.3. The maximum atomic E-state index is 13.1. The maximum Gasteiger partial charge on any atom is 0.317 e. The van der Waals surface area contributed by atoms with Crippen molar-refractivity contribution in [2.24, 2.45) is 0 Å². The minimum atomic E-state index is -0.275. The fraction of sp³-hybridized carbons (Fsp3) is 0.348. The first-order valence-corrected chi connectivity index (χ1v) is 10.3. The number of methoxy groups -OCH3 is 1. The monoisotopic (exact) mass is 424 g/mol. The van der Waals surface area contributed by atoms with E-state index in [0.29, 0.717) is 37.8 Å². The number of nitrogens with zero attached hydrogens (tertiary/aromatic N) is 3. The molecule has 1 fully saturated rings. The van der Waals surface area contributed by atoms with Gasteiger partial charge in [-0.1, -0.05) is 24.3 Å². The molecule has 1 aromatic heterocycles. The molecular formula is C23H25FN4O3. The zero-order chi connectivity index (χ0) is 21.6. The number of benzene rings is 2. The van der Waals surface area contributed by atoms with Crippen LogP contribution in [0.5, 0.6) is 5.75 Å². The van der Waals surface area contributed by atoms with Crippen molar-refractivity contribution in [3.05, 3.63) is 77.3 Å². The number of piperidine rings is 1. The van der Waals surface area contributed by atoms with Crippen molar-refractivity contribution in [3.8, 4) is 5.75 Å². The summed E-state index contributed by atoms with van der Waals surface area (Å²) >= 11 is 0. The highest BCUT2D eigenvalue weighted by molar-refractivity contribution is 5.74. The number of nitrogens with one attached hydrogen (secondary N) is 1. The van der Waals surface area contributed by atoms with Crippen LogP contribution in [-0.2, 0) is 13.0 Å². The third-order valence-electron chi connectivity index (χ3n) is 5.41. The number of ether oxygens (including phenoxy) is 1. The molecule has 1 atom stereocenters. The Hall–Kier alpha value is -3.42. The van der Waals surface area contributed by atoms with Crippen molar-refractivity contribution in [1.29, 1.82) is 0 Å². The Morgan fingerprint density at radius 1 is 1.16 bits per heavy atom. The summed E-state index contributed by atoms with van der Waals surface area (Å²) in [5.41, 5.74) is 1.91. The molecule has 1 unspecified atom stereocenters. The molecule has 0 spiro atoms. The second-order valence-corrected chi connectivity index (χ2v) is 7.63. The Balaban J connectivity index is 1.32. The minimum Gasteiger partial charge on any atom is -0.497 e. The van der Waals surface area contributed by atoms with Crippen molar-refractivity contribution in [3.63, 3.8) is 0 Å². The van der Waals surface area contributed by atoms with Crippen molar-refractivity contribution in [1.82, 2.24) is 20.4 Å². The van der Waals surface area contributed by atoms with E-state index in [1.165, 1.54) is 12.1 Å². The molecule has 0 radical (unpaired) electrons. The molecule has 162 valence electrons. The Labute approximate surface area is 180 Å². The average Bonchev–Trinajstić information content (AvgIpc) is 3.28. The number of amides is 2. The van der Waals surface area contributed by atoms with Gasteiger partial charge in [-0.05, 0) is 48.2 Å². The lowest BCUT2D eigenvalue weighted by molar-refractivity contribution is 0.173. The van der Waals surface area contributed by atoms with Crippen molar-refractivity contribution in [2.75, 3.05) is 20.2 Å². The van der Waals surface area contributed by atoms with Crippen LogP contribution in [0.25, 0.3) is 0 Å². The van der Waals surface area contributed by atoms with E-state index < -0.39 is 0 Å². The highest BCUT2D eigenvalue weighted by Crippen LogP contribution is 2.26. The SMILES string of the molecule is COc1ccc(CNC(=O)N2CCCC(c3nnc(Cc4ccc(F)cc4)o3)C2)cc1. The first-order chi connectivity index (χ1) is 15.1. The molecule has 7 nitrogen and oxygen atoms in total. The molecule has 0 aliphatic carbocycles. The minimum absolute atomic E-state index is 0.00922. The van der Waals surface area contributed by atoms with E-state index in [-0.39, 0.29) is 17.8 Å². The highest BCUT2D eigenvalue weighted by Gasteiger charge is 2.28. The number of likely N-dealkylation sites (tertiary alicyclic amines) is 1. The summed E-state index contributed by atoms with van der Waals surface area (Å²) < 4.78 is 24.1. The van der Waals surface area contributed by atoms with Crippen molar-refractivity contribution in [2.45, 2.75) is 31.7 Å². The Bertz CT molecular complexity index is 1000. The molecule has 1 aliphatic rings. The predicted molar refractivity (Wildman–Crippen MR) is 112 cm³/mol. The smallest absolute Gasteiger partial charge is 0.317 e. The molecule has 2 heterocycles. The first kappa shape index (κ1) is 20.8. The van der Waals surface area contributed by atoms with Gasteiger partial charge in [-0.2, -0.15) is 0 Å². The van der Waals surface area contributed by atoms with Gasteiger partial charge in [-0.3, -0.25) is 0 Å². The molecule has 1 aliphatic heterocycles. The van der Waals surface area contributed by atoms with Gasteiger partial charge in [-0.25, -0.2) is 9.18 Å². The zero-order valence-corrected chi connectivity index (χ0v) is 17.4. The summed E-state index contributed by atoms with van der Waals surface area (Å²) in [5, 5.41) is 11.3. The standard InChI is InChI=1S/C23H25FN4O3/c1-30-20-10-6-17(7-11-20)14-25-23(29)28-12-2-3-18(15-28)22-27-26-21(31-22)13-16-4-8-19(24)9-5-16/h4-11,18H,2-3,12-15H2,1H3,(H,25,29). The number of carbonyl (C=O) groups is 1. The number of aromatic nitrogens is 2. The molecule has 2 aromatic carbocycles. The molecule has 1 N–H and O–H groups in total. The molecule has 0 bridgehead atoms. The van der Waals surface area contributed by atoms with Crippen LogP contribution >= 0.6 is 0 Å². The second-order valence-electron chi connectivity index (χ2n) is 7.63. The Morgan fingerprint density at radius 3 is 2.65 bits per heavy atom. The van der Waals surface area contributed by atoms with E-state index in [1.54, 1.807) is 24.1 Å². The number of hydrogen-bond acceptors (Lipinski definition) is 5. The van der Waals surface area contributed by atoms with Crippen LogP contribution in [0.2, 0.25) is 0 Å². The van der Waals surface area contributed by atoms with Crippen molar-refractivity contribution >= 4 is 6.03 Å². The molecule has 4 rings (SSSR count). The van der Waals surface area contributed by atoms with Gasteiger partial charge < -0.3 is 19.4 Å². The Morgan fingerprint density at radius 2 is 1.90 bits per heavy atom. The van der Waals surface area contributed by atoms with Crippen LogP contribution in [0.4, 0.5) is 9.18 Å². The third kappa shape index (κ3) is 5.39. The molecule has 0 saturated carbocycles. The fourth-order valence-corrected chi connectivity index (χ4v) is 3.68. The lowest BCUT2D eigenvalue weighted by Gasteiger charge is -2.31. The van der Waals surface area contributed by atoms with Crippen LogP contribution in [0.15, 0.2) is 52.9 Å². The topological polar surface area (TPSA) is 80.5 Å². The molecule has 3 aromatic rings. The van der Waals surface area contributed by atoms with Gasteiger partial charge in [0.25, 0.3) is 0 Å². The van der Waals surface area contributed by atoms with E-state index in [9.17, 15) is 9.18 Å². The lowest BCUT2D eigenvalue weighted by atomic mass is 9.98. The van der Waals surface area contributed by atoms with E-state index >= 15 is 0 Å². The van der Waals surface area contributed by atoms with Gasteiger partial charge in [-0.15, -0.1) is 10.2 Å². The summed E-state index contributed by atoms with van der Waals surface area (Å²) in [6, 6.07) is 13.7. The largest absolute Gasteiger partial charge is 0.497 e. The molecule has 31 heavy (non-hydrogen) atoms. The molecular weight excluding hydrogens is 399 g/mol. The predicted octanol–water partition coefficient (Wildman–Crippen LogP) is 3.90. The Kier molecular flexibility index (Phi) is 6.45. The van der Waals surface area contributed by atoms with Gasteiger partial charge in [0.2, 0.25) is 11.8 Å². The van der Waals surface area contributed by atoms with Gasteiger partial charge in [0, 0.05) is 19.6 Å². The average molecular weight is 424 g/mol. The summed E-state index contributed by atoms with van der Waals surface area (Å²) in [5.74, 6) is 1.55. The van der Waals surface area contributed by atoms with E-state index in [0.717, 1.165) is 29.7 Å². The van der Waals surface area contributed by atoms with Crippen LogP contribution in [0.1, 0.15) is 41.7 Å². The lowest BCUT2D eigenvalue weighted by Crippen LogP contribution is -2.44. The normalized spacial score (nSPS) is 16.2. The molecule has 8 heteroatoms. The van der Waals surface area contributed by atoms with E-state index in [1.807, 2.05) is 24.3 Å². The van der Waals surface area contributed by atoms with Crippen LogP contribution in [-0.4, -0.2) is 41.3 Å². The van der Waals surface area contributed by atoms with E-state index in [4.69, 9.17) is 9.15 Å². The fourth-order valence-electron chi connectivity index (χ4n) is 3.68. The quantitative estimate of drug-likeness (QED) is 0.649. The van der Waals surface area contributed by atoms with Crippen LogP contribution in [0.3, 0.4) is 0 Å². The van der Waals surface area contributed by atoms with Crippen LogP contribution in [0, 0.1) is 5.82 Å². The third-order valence-corrected chi connectivity index (χ3v) is 5.41. The van der Waals surface area contributed by atoms with Gasteiger partial charge in [0.15, 0.2) is 0 Å². The zero-order valence-electron chi connectivity index (χ0n) is 17.4. The summed E-state index contributed by atoms with van der Waals surface area (Å²) in [6.45, 7) is 1.68. The summed E-state index contributed by atoms with van der Waals surface area (Å²) in [6.07, 6.45) is 2.21. The van der Waals surface area contributed by atoms with Gasteiger partial charge >= 0.3 is 6.03 Å². The van der Waals surface area contributed by atoms with E-state index in [2.05, 4.69) is 15.5 Å². The van der Waals surface area contributed by atoms with Crippen molar-refractivity contribution < 1.29 is 18.3 Å². The number of urea groups is 1. The van der Waals surface area contributed by atoms with Gasteiger partial charge in [0.05, 0.1) is 19.4 Å². The highest BCUT2D eigenvalue weighted by atomic mass is 19.1. The number of halogens is 1. The number of carbonyl (C=O) groups excluding carboxylic acids is 1. The number of rotatable bonds is 6. The summed E-state index contributed by atoms with van der Waals surface area (Å²) in [7, 11) is 1.62. The van der Waals surface area contributed by atoms with Gasteiger partial charge in [0.1, 0.15) is 11.6 Å². The molecule has 1 saturated heterocycles. The number of hydrogen-bond donors (Lipinski definition) is 1. The maximum absolute atomic E-state index is 13.1. The molecule has 2 amide bonds. The van der Waals surface area contributed by atoms with Crippen LogP contribution < -0.4 is 10.1 Å². The summed E-state index contributed by atoms with van der Waals surface area (Å²) in [4.78, 5) is 14.4.